The van der Waals surface area contributed by atoms with E-state index in [0.29, 0.717) is 19.0 Å². The number of methoxy groups -OCH3 is 1. The van der Waals surface area contributed by atoms with Gasteiger partial charge in [0.25, 0.3) is 0 Å². The van der Waals surface area contributed by atoms with Crippen molar-refractivity contribution in [2.45, 2.75) is 20.3 Å². The topological polar surface area (TPSA) is 67.6 Å². The van der Waals surface area contributed by atoms with Gasteiger partial charge in [-0.15, -0.1) is 0 Å². The lowest BCUT2D eigenvalue weighted by Gasteiger charge is -2.24. The predicted octanol–water partition coefficient (Wildman–Crippen LogP) is 2.53. The minimum Gasteiger partial charge on any atom is -0.497 e. The van der Waals surface area contributed by atoms with Gasteiger partial charge in [-0.2, -0.15) is 0 Å². The first-order valence-electron chi connectivity index (χ1n) is 6.97. The highest BCUT2D eigenvalue weighted by Gasteiger charge is 2.14. The van der Waals surface area contributed by atoms with Crippen LogP contribution in [0.5, 0.6) is 5.75 Å². The number of nitrogens with one attached hydrogen (secondary N) is 1. The van der Waals surface area contributed by atoms with E-state index >= 15 is 0 Å². The van der Waals surface area contributed by atoms with Gasteiger partial charge in [0.1, 0.15) is 5.75 Å². The Morgan fingerprint density at radius 1 is 1.45 bits per heavy atom. The van der Waals surface area contributed by atoms with Crippen molar-refractivity contribution in [1.29, 1.82) is 0 Å². The molecular formula is C15H25N3O2. The number of nitrogens with zero attached hydrogens (tertiary/aromatic N) is 1. The van der Waals surface area contributed by atoms with Crippen LogP contribution in [0.15, 0.2) is 24.3 Å². The predicted molar refractivity (Wildman–Crippen MR) is 82.1 cm³/mol. The first-order chi connectivity index (χ1) is 9.56. The average molecular weight is 279 g/mol. The fraction of sp³-hybridized carbons (Fsp3) is 0.533. The van der Waals surface area contributed by atoms with Crippen LogP contribution in [0, 0.1) is 5.92 Å². The molecule has 0 spiro atoms. The second-order valence-electron chi connectivity index (χ2n) is 5.14. The van der Waals surface area contributed by atoms with Gasteiger partial charge in [-0.05, 0) is 31.0 Å². The molecule has 0 aromatic heterocycles. The molecule has 0 saturated heterocycles. The zero-order chi connectivity index (χ0) is 15.0. The molecule has 0 aliphatic heterocycles. The average Bonchev–Trinajstić information content (AvgIpc) is 2.43. The van der Waals surface area contributed by atoms with Crippen molar-refractivity contribution < 1.29 is 9.53 Å². The van der Waals surface area contributed by atoms with Crippen LogP contribution in [-0.2, 0) is 0 Å². The van der Waals surface area contributed by atoms with Gasteiger partial charge < -0.3 is 20.7 Å². The molecule has 0 atom stereocenters. The van der Waals surface area contributed by atoms with Crippen molar-refractivity contribution in [3.8, 4) is 5.75 Å². The van der Waals surface area contributed by atoms with E-state index in [-0.39, 0.29) is 6.03 Å². The number of rotatable bonds is 7. The van der Waals surface area contributed by atoms with Crippen molar-refractivity contribution in [1.82, 2.24) is 4.90 Å². The van der Waals surface area contributed by atoms with Gasteiger partial charge in [0.15, 0.2) is 0 Å². The summed E-state index contributed by atoms with van der Waals surface area (Å²) in [4.78, 5) is 14.1. The Bertz CT molecular complexity index is 421. The number of nitrogens with two attached hydrogens (primary N) is 1. The normalized spacial score (nSPS) is 10.4. The van der Waals surface area contributed by atoms with Crippen molar-refractivity contribution in [3.63, 3.8) is 0 Å². The highest BCUT2D eigenvalue weighted by molar-refractivity contribution is 5.89. The molecular weight excluding hydrogens is 254 g/mol. The van der Waals surface area contributed by atoms with Crippen LogP contribution in [0.4, 0.5) is 10.5 Å². The molecule has 20 heavy (non-hydrogen) atoms. The number of amides is 2. The van der Waals surface area contributed by atoms with Gasteiger partial charge in [-0.3, -0.25) is 0 Å². The third-order valence-corrected chi connectivity index (χ3v) is 2.83. The molecule has 1 aromatic carbocycles. The summed E-state index contributed by atoms with van der Waals surface area (Å²) in [7, 11) is 1.60. The van der Waals surface area contributed by atoms with E-state index in [0.717, 1.165) is 24.4 Å². The summed E-state index contributed by atoms with van der Waals surface area (Å²) >= 11 is 0. The van der Waals surface area contributed by atoms with Gasteiger partial charge in [0.05, 0.1) is 7.11 Å². The Hall–Kier alpha value is -1.75. The summed E-state index contributed by atoms with van der Waals surface area (Å²) in [6, 6.07) is 7.24. The molecule has 0 saturated carbocycles. The summed E-state index contributed by atoms with van der Waals surface area (Å²) in [6.45, 7) is 6.16. The highest BCUT2D eigenvalue weighted by atomic mass is 16.5. The largest absolute Gasteiger partial charge is 0.497 e. The Morgan fingerprint density at radius 3 is 2.80 bits per heavy atom. The third kappa shape index (κ3) is 5.48. The maximum absolute atomic E-state index is 12.3. The van der Waals surface area contributed by atoms with Crippen LogP contribution >= 0.6 is 0 Å². The number of hydrogen-bond donors (Lipinski definition) is 2. The summed E-state index contributed by atoms with van der Waals surface area (Å²) < 4.78 is 5.14. The lowest BCUT2D eigenvalue weighted by molar-refractivity contribution is 0.204. The Labute approximate surface area is 121 Å². The van der Waals surface area contributed by atoms with E-state index in [1.54, 1.807) is 18.1 Å². The van der Waals surface area contributed by atoms with E-state index < -0.39 is 0 Å². The van der Waals surface area contributed by atoms with Crippen molar-refractivity contribution in [2.24, 2.45) is 11.7 Å². The summed E-state index contributed by atoms with van der Waals surface area (Å²) in [5.41, 5.74) is 6.26. The van der Waals surface area contributed by atoms with E-state index in [9.17, 15) is 4.79 Å². The molecule has 5 nitrogen and oxygen atoms in total. The van der Waals surface area contributed by atoms with E-state index in [1.165, 1.54) is 0 Å². The molecule has 0 heterocycles. The van der Waals surface area contributed by atoms with Crippen molar-refractivity contribution in [2.75, 3.05) is 32.1 Å². The first kappa shape index (κ1) is 16.3. The number of ether oxygens (including phenoxy) is 1. The van der Waals surface area contributed by atoms with Crippen LogP contribution in [0.3, 0.4) is 0 Å². The number of carbonyl (C=O) groups excluding carboxylic acids is 1. The number of hydrogen-bond acceptors (Lipinski definition) is 3. The molecule has 0 bridgehead atoms. The minimum atomic E-state index is -0.0968. The van der Waals surface area contributed by atoms with Crippen LogP contribution in [0.2, 0.25) is 0 Å². The van der Waals surface area contributed by atoms with Gasteiger partial charge in [-0.1, -0.05) is 19.9 Å². The lowest BCUT2D eigenvalue weighted by Crippen LogP contribution is -2.38. The molecule has 0 fully saturated rings. The van der Waals surface area contributed by atoms with Crippen LogP contribution in [-0.4, -0.2) is 37.7 Å². The molecule has 1 aromatic rings. The van der Waals surface area contributed by atoms with Gasteiger partial charge in [0, 0.05) is 24.8 Å². The maximum atomic E-state index is 12.3. The molecule has 112 valence electrons. The smallest absolute Gasteiger partial charge is 0.321 e. The summed E-state index contributed by atoms with van der Waals surface area (Å²) in [5.74, 6) is 1.14. The van der Waals surface area contributed by atoms with Crippen LogP contribution in [0.25, 0.3) is 0 Å². The molecule has 2 amide bonds. The van der Waals surface area contributed by atoms with E-state index in [2.05, 4.69) is 19.2 Å². The Balaban J connectivity index is 2.68. The third-order valence-electron chi connectivity index (χ3n) is 2.83. The highest BCUT2D eigenvalue weighted by Crippen LogP contribution is 2.17. The fourth-order valence-electron chi connectivity index (χ4n) is 1.90. The van der Waals surface area contributed by atoms with Gasteiger partial charge >= 0.3 is 6.03 Å². The van der Waals surface area contributed by atoms with Crippen LogP contribution in [0.1, 0.15) is 20.3 Å². The standard InChI is InChI=1S/C15H25N3O2/c1-12(2)11-18(9-5-8-16)15(19)17-13-6-4-7-14(10-13)20-3/h4,6-7,10,12H,5,8-9,11,16H2,1-3H3,(H,17,19). The summed E-state index contributed by atoms with van der Waals surface area (Å²) in [6.07, 6.45) is 0.804. The second-order valence-corrected chi connectivity index (χ2v) is 5.14. The number of carbonyl (C=O) groups is 1. The molecule has 3 N–H and O–H groups in total. The molecule has 0 unspecified atom stereocenters. The molecule has 1 rings (SSSR count). The SMILES string of the molecule is COc1cccc(NC(=O)N(CCCN)CC(C)C)c1. The monoisotopic (exact) mass is 279 g/mol. The fourth-order valence-corrected chi connectivity index (χ4v) is 1.90. The minimum absolute atomic E-state index is 0.0968. The van der Waals surface area contributed by atoms with Crippen molar-refractivity contribution in [3.05, 3.63) is 24.3 Å². The Kier molecular flexibility index (Phi) is 6.87. The van der Waals surface area contributed by atoms with E-state index in [4.69, 9.17) is 10.5 Å². The lowest BCUT2D eigenvalue weighted by atomic mass is 10.2. The molecule has 0 radical (unpaired) electrons. The van der Waals surface area contributed by atoms with Gasteiger partial charge in [0.2, 0.25) is 0 Å². The first-order valence-corrected chi connectivity index (χ1v) is 6.97. The van der Waals surface area contributed by atoms with E-state index in [1.807, 2.05) is 18.2 Å². The van der Waals surface area contributed by atoms with Gasteiger partial charge in [-0.25, -0.2) is 4.79 Å². The molecule has 0 aliphatic carbocycles. The molecule has 5 heteroatoms. The quantitative estimate of drug-likeness (QED) is 0.806. The zero-order valence-electron chi connectivity index (χ0n) is 12.6. The maximum Gasteiger partial charge on any atom is 0.321 e. The second kappa shape index (κ2) is 8.43. The number of anilines is 1. The Morgan fingerprint density at radius 2 is 2.20 bits per heavy atom. The molecule has 0 aliphatic rings. The van der Waals surface area contributed by atoms with Crippen LogP contribution < -0.4 is 15.8 Å². The number of urea groups is 1. The zero-order valence-corrected chi connectivity index (χ0v) is 12.6. The number of benzene rings is 1. The van der Waals surface area contributed by atoms with Crippen molar-refractivity contribution >= 4 is 11.7 Å². The summed E-state index contributed by atoms with van der Waals surface area (Å²) in [5, 5.41) is 2.90.